The fourth-order valence-electron chi connectivity index (χ4n) is 7.09. The molecule has 2 saturated carbocycles. The van der Waals surface area contributed by atoms with E-state index in [-0.39, 0.29) is 69.9 Å². The van der Waals surface area contributed by atoms with Crippen LogP contribution in [0.1, 0.15) is 27.7 Å². The molecule has 7 rings (SSSR count). The number of aromatic nitrogens is 1. The average molecular weight is 538 g/mol. The molecule has 3 amide bonds. The summed E-state index contributed by atoms with van der Waals surface area (Å²) in [4.78, 5) is 58.6. The number of imide groups is 1. The van der Waals surface area contributed by atoms with Crippen molar-refractivity contribution in [3.8, 4) is 0 Å². The second-order valence-electron chi connectivity index (χ2n) is 10.2. The highest BCUT2D eigenvalue weighted by atomic mass is 32.2. The standard InChI is InChI=1S/C26H23N3O4S3/c1-11-4-2-5-12(8-11)27-16(30)10-29-24(31)18-13-9-14(19(18)25(29)32)21-17(13)20(15-6-3-7-34-15)22-23(35-21)28-26(33)36-22/h2-8,13-14,17-21H,9-10H2,1H3,(H,27,30)(H,28,33)/t13?,14?,17?,18?,19?,20-,21?/m1/s1. The Kier molecular flexibility index (Phi) is 5.10. The largest absolute Gasteiger partial charge is 0.325 e. The lowest BCUT2D eigenvalue weighted by atomic mass is 9.69. The number of aryl methyl sites for hydroxylation is 1. The van der Waals surface area contributed by atoms with Crippen LogP contribution < -0.4 is 10.2 Å². The number of hydrogen-bond acceptors (Lipinski definition) is 7. The molecule has 3 fully saturated rings. The number of nitrogens with one attached hydrogen (secondary N) is 2. The van der Waals surface area contributed by atoms with Crippen molar-refractivity contribution in [1.29, 1.82) is 0 Å². The van der Waals surface area contributed by atoms with E-state index >= 15 is 0 Å². The number of thiophene rings is 1. The molecular weight excluding hydrogens is 515 g/mol. The second kappa shape index (κ2) is 8.16. The lowest BCUT2D eigenvalue weighted by Gasteiger charge is -2.42. The first-order valence-corrected chi connectivity index (χ1v) is 14.6. The topological polar surface area (TPSA) is 99.3 Å². The number of amides is 3. The minimum absolute atomic E-state index is 0.0560. The first-order valence-electron chi connectivity index (χ1n) is 12.1. The Morgan fingerprint density at radius 1 is 1.11 bits per heavy atom. The molecule has 184 valence electrons. The Morgan fingerprint density at radius 3 is 2.67 bits per heavy atom. The van der Waals surface area contributed by atoms with Crippen molar-refractivity contribution in [2.75, 3.05) is 11.9 Å². The Hall–Kier alpha value is -2.69. The van der Waals surface area contributed by atoms with E-state index in [0.29, 0.717) is 5.69 Å². The number of thioether (sulfide) groups is 1. The van der Waals surface area contributed by atoms with Gasteiger partial charge in [0, 0.05) is 26.6 Å². The predicted molar refractivity (Wildman–Crippen MR) is 139 cm³/mol. The fourth-order valence-corrected chi connectivity index (χ4v) is 10.9. The summed E-state index contributed by atoms with van der Waals surface area (Å²) in [6.45, 7) is 1.69. The molecule has 2 aromatic heterocycles. The molecule has 36 heavy (non-hydrogen) atoms. The van der Waals surface area contributed by atoms with Crippen molar-refractivity contribution in [3.05, 3.63) is 66.8 Å². The maximum atomic E-state index is 13.6. The molecule has 1 aromatic carbocycles. The van der Waals surface area contributed by atoms with Crippen LogP contribution in [0.4, 0.5) is 5.69 Å². The third kappa shape index (κ3) is 3.23. The van der Waals surface area contributed by atoms with Crippen molar-refractivity contribution in [3.63, 3.8) is 0 Å². The first-order chi connectivity index (χ1) is 17.4. The maximum Gasteiger partial charge on any atom is 0.305 e. The number of hydrogen-bond donors (Lipinski definition) is 2. The van der Waals surface area contributed by atoms with E-state index in [0.717, 1.165) is 21.9 Å². The number of likely N-dealkylation sites (tertiary alicyclic amines) is 1. The van der Waals surface area contributed by atoms with Gasteiger partial charge in [0.25, 0.3) is 0 Å². The number of aromatic amines is 1. The van der Waals surface area contributed by atoms with Crippen LogP contribution in [0, 0.1) is 36.5 Å². The highest BCUT2D eigenvalue weighted by molar-refractivity contribution is 8.00. The van der Waals surface area contributed by atoms with Crippen LogP contribution in [-0.4, -0.2) is 39.4 Å². The molecule has 4 heterocycles. The summed E-state index contributed by atoms with van der Waals surface area (Å²) in [6, 6.07) is 11.6. The summed E-state index contributed by atoms with van der Waals surface area (Å²) in [5, 5.41) is 5.96. The summed E-state index contributed by atoms with van der Waals surface area (Å²) in [5.74, 6) is -1.16. The normalized spacial score (nSPS) is 31.9. The van der Waals surface area contributed by atoms with Crippen molar-refractivity contribution in [2.45, 2.75) is 29.5 Å². The number of anilines is 1. The third-order valence-electron chi connectivity index (χ3n) is 8.27. The minimum Gasteiger partial charge on any atom is -0.325 e. The molecule has 2 aliphatic heterocycles. The highest BCUT2D eigenvalue weighted by Crippen LogP contribution is 2.68. The monoisotopic (exact) mass is 537 g/mol. The summed E-state index contributed by atoms with van der Waals surface area (Å²) in [5.41, 5.74) is 1.67. The lowest BCUT2D eigenvalue weighted by Crippen LogP contribution is -2.42. The minimum atomic E-state index is -0.379. The van der Waals surface area contributed by atoms with Crippen molar-refractivity contribution in [1.82, 2.24) is 9.88 Å². The van der Waals surface area contributed by atoms with Gasteiger partial charge in [-0.2, -0.15) is 0 Å². The highest BCUT2D eigenvalue weighted by Gasteiger charge is 2.69. The molecule has 1 saturated heterocycles. The number of fused-ring (bicyclic) bond motifs is 9. The zero-order valence-electron chi connectivity index (χ0n) is 19.3. The fraction of sp³-hybridized carbons (Fsp3) is 0.385. The molecule has 6 unspecified atom stereocenters. The average Bonchev–Trinajstić information content (AvgIpc) is 3.64. The zero-order chi connectivity index (χ0) is 24.7. The van der Waals surface area contributed by atoms with Gasteiger partial charge in [0.2, 0.25) is 17.7 Å². The van der Waals surface area contributed by atoms with Gasteiger partial charge in [-0.05, 0) is 60.2 Å². The Labute approximate surface area is 219 Å². The van der Waals surface area contributed by atoms with Gasteiger partial charge in [0.15, 0.2) is 0 Å². The van der Waals surface area contributed by atoms with Crippen LogP contribution in [0.5, 0.6) is 0 Å². The Balaban J connectivity index is 1.18. The summed E-state index contributed by atoms with van der Waals surface area (Å²) in [7, 11) is 0. The van der Waals surface area contributed by atoms with Crippen LogP contribution >= 0.6 is 34.4 Å². The third-order valence-corrected chi connectivity index (χ3v) is 11.8. The van der Waals surface area contributed by atoms with Crippen LogP contribution in [0.3, 0.4) is 0 Å². The number of carbonyl (C=O) groups is 3. The lowest BCUT2D eigenvalue weighted by molar-refractivity contribution is -0.143. The van der Waals surface area contributed by atoms with E-state index in [1.54, 1.807) is 29.2 Å². The first kappa shape index (κ1) is 22.5. The molecule has 0 spiro atoms. The molecule has 7 nitrogen and oxygen atoms in total. The van der Waals surface area contributed by atoms with E-state index in [4.69, 9.17) is 0 Å². The molecule has 2 aliphatic carbocycles. The van der Waals surface area contributed by atoms with Crippen LogP contribution in [0.25, 0.3) is 0 Å². The molecule has 10 heteroatoms. The van der Waals surface area contributed by atoms with Gasteiger partial charge in [0.1, 0.15) is 6.54 Å². The van der Waals surface area contributed by atoms with Crippen molar-refractivity contribution in [2.24, 2.45) is 29.6 Å². The van der Waals surface area contributed by atoms with Gasteiger partial charge in [-0.25, -0.2) is 0 Å². The van der Waals surface area contributed by atoms with Gasteiger partial charge in [-0.3, -0.25) is 24.1 Å². The number of carbonyl (C=O) groups excluding carboxylic acids is 3. The molecule has 2 bridgehead atoms. The maximum absolute atomic E-state index is 13.6. The summed E-state index contributed by atoms with van der Waals surface area (Å²) < 4.78 is 0. The van der Waals surface area contributed by atoms with Crippen molar-refractivity contribution < 1.29 is 14.4 Å². The van der Waals surface area contributed by atoms with E-state index in [2.05, 4.69) is 21.7 Å². The van der Waals surface area contributed by atoms with Gasteiger partial charge in [-0.1, -0.05) is 29.5 Å². The molecule has 0 radical (unpaired) electrons. The number of rotatable bonds is 4. The molecule has 7 atom stereocenters. The zero-order valence-corrected chi connectivity index (χ0v) is 21.8. The molecule has 2 N–H and O–H groups in total. The van der Waals surface area contributed by atoms with E-state index in [1.807, 2.05) is 31.2 Å². The molecule has 4 aliphatic rings. The van der Waals surface area contributed by atoms with E-state index < -0.39 is 0 Å². The van der Waals surface area contributed by atoms with E-state index in [1.165, 1.54) is 21.1 Å². The molecule has 3 aromatic rings. The van der Waals surface area contributed by atoms with Gasteiger partial charge in [-0.15, -0.1) is 23.1 Å². The van der Waals surface area contributed by atoms with E-state index in [9.17, 15) is 19.2 Å². The summed E-state index contributed by atoms with van der Waals surface area (Å²) >= 11 is 4.63. The summed E-state index contributed by atoms with van der Waals surface area (Å²) in [6.07, 6.45) is 0.847. The Morgan fingerprint density at radius 2 is 1.92 bits per heavy atom. The van der Waals surface area contributed by atoms with Gasteiger partial charge >= 0.3 is 4.87 Å². The van der Waals surface area contributed by atoms with Gasteiger partial charge < -0.3 is 10.3 Å². The molecular formula is C26H23N3O4S3. The predicted octanol–water partition coefficient (Wildman–Crippen LogP) is 3.92. The second-order valence-corrected chi connectivity index (χ2v) is 13.3. The number of benzene rings is 1. The van der Waals surface area contributed by atoms with Gasteiger partial charge in [0.05, 0.1) is 16.9 Å². The SMILES string of the molecule is Cc1cccc(NC(=O)CN2C(=O)C3C4CC(C3C2=O)C2C4Sc3[nH]c(=O)sc3[C@@H]2c2cccs2)c1. The van der Waals surface area contributed by atoms with Crippen molar-refractivity contribution >= 4 is 57.8 Å². The smallest absolute Gasteiger partial charge is 0.305 e. The van der Waals surface area contributed by atoms with Crippen LogP contribution in [0.2, 0.25) is 0 Å². The van der Waals surface area contributed by atoms with Crippen LogP contribution in [-0.2, 0) is 14.4 Å². The number of nitrogens with zero attached hydrogens (tertiary/aromatic N) is 1. The quantitative estimate of drug-likeness (QED) is 0.492. The van der Waals surface area contributed by atoms with Crippen LogP contribution in [0.15, 0.2) is 51.6 Å². The number of H-pyrrole nitrogens is 1. The number of thiazole rings is 1. The Bertz CT molecular complexity index is 1460.